The summed E-state index contributed by atoms with van der Waals surface area (Å²) in [5, 5.41) is 4.57. The first-order chi connectivity index (χ1) is 10.0. The van der Waals surface area contributed by atoms with Gasteiger partial charge in [0.1, 0.15) is 0 Å². The van der Waals surface area contributed by atoms with Crippen molar-refractivity contribution in [3.05, 3.63) is 33.8 Å². The van der Waals surface area contributed by atoms with Crippen molar-refractivity contribution in [2.24, 2.45) is 0 Å². The van der Waals surface area contributed by atoms with Crippen LogP contribution >= 0.6 is 11.6 Å². The third kappa shape index (κ3) is 3.80. The van der Waals surface area contributed by atoms with Crippen LogP contribution in [0.5, 0.6) is 0 Å². The molecule has 3 heteroatoms. The zero-order valence-corrected chi connectivity index (χ0v) is 14.5. The van der Waals surface area contributed by atoms with Gasteiger partial charge in [0.2, 0.25) is 0 Å². The molecule has 0 aliphatic heterocycles. The maximum Gasteiger partial charge on any atom is 0.0697 e. The Morgan fingerprint density at radius 1 is 1.29 bits per heavy atom. The van der Waals surface area contributed by atoms with Crippen molar-refractivity contribution in [3.63, 3.8) is 0 Å². The SMILES string of the molecule is CCCNC(CC1(OC)CCC1)c1cc(C)c(Cl)cc1C. The molecule has 1 unspecified atom stereocenters. The lowest BCUT2D eigenvalue weighted by atomic mass is 9.74. The van der Waals surface area contributed by atoms with Crippen LogP contribution in [0.4, 0.5) is 0 Å². The van der Waals surface area contributed by atoms with Gasteiger partial charge in [0.25, 0.3) is 0 Å². The van der Waals surface area contributed by atoms with Crippen molar-refractivity contribution < 1.29 is 4.74 Å². The van der Waals surface area contributed by atoms with Crippen molar-refractivity contribution in [2.75, 3.05) is 13.7 Å². The topological polar surface area (TPSA) is 21.3 Å². The summed E-state index contributed by atoms with van der Waals surface area (Å²) < 4.78 is 5.83. The predicted molar refractivity (Wildman–Crippen MR) is 90.2 cm³/mol. The van der Waals surface area contributed by atoms with E-state index in [1.807, 2.05) is 7.11 Å². The van der Waals surface area contributed by atoms with Crippen molar-refractivity contribution in [3.8, 4) is 0 Å². The highest BCUT2D eigenvalue weighted by atomic mass is 35.5. The Morgan fingerprint density at radius 3 is 2.52 bits per heavy atom. The highest BCUT2D eigenvalue weighted by molar-refractivity contribution is 6.31. The summed E-state index contributed by atoms with van der Waals surface area (Å²) in [6, 6.07) is 4.68. The lowest BCUT2D eigenvalue weighted by molar-refractivity contribution is -0.0838. The molecule has 1 aromatic carbocycles. The summed E-state index contributed by atoms with van der Waals surface area (Å²) in [5.74, 6) is 0. The van der Waals surface area contributed by atoms with Crippen LogP contribution in [-0.4, -0.2) is 19.3 Å². The molecule has 0 spiro atoms. The van der Waals surface area contributed by atoms with Gasteiger partial charge >= 0.3 is 0 Å². The van der Waals surface area contributed by atoms with Crippen LogP contribution in [0.3, 0.4) is 0 Å². The first kappa shape index (κ1) is 16.8. The number of hydrogen-bond acceptors (Lipinski definition) is 2. The van der Waals surface area contributed by atoms with Crippen LogP contribution in [0.25, 0.3) is 0 Å². The van der Waals surface area contributed by atoms with E-state index in [1.165, 1.54) is 30.4 Å². The van der Waals surface area contributed by atoms with E-state index in [9.17, 15) is 0 Å². The summed E-state index contributed by atoms with van der Waals surface area (Å²) in [5.41, 5.74) is 3.87. The average molecular weight is 310 g/mol. The molecule has 0 aromatic heterocycles. The second kappa shape index (κ2) is 7.13. The molecule has 1 fully saturated rings. The molecule has 1 aliphatic rings. The third-order valence-corrected chi connectivity index (χ3v) is 5.24. The molecule has 0 radical (unpaired) electrons. The lowest BCUT2D eigenvalue weighted by Crippen LogP contribution is -2.43. The number of methoxy groups -OCH3 is 1. The van der Waals surface area contributed by atoms with Crippen LogP contribution < -0.4 is 5.32 Å². The van der Waals surface area contributed by atoms with Gasteiger partial charge in [0.05, 0.1) is 5.60 Å². The van der Waals surface area contributed by atoms with E-state index in [4.69, 9.17) is 16.3 Å². The standard InChI is InChI=1S/C18H28ClNO/c1-5-9-20-17(12-18(21-4)7-6-8-18)15-10-14(3)16(19)11-13(15)2/h10-11,17,20H,5-9,12H2,1-4H3. The fourth-order valence-corrected chi connectivity index (χ4v) is 3.44. The molecule has 1 aromatic rings. The predicted octanol–water partition coefficient (Wildman–Crippen LogP) is 4.96. The number of halogens is 1. The van der Waals surface area contributed by atoms with Gasteiger partial charge in [0.15, 0.2) is 0 Å². The number of ether oxygens (including phenoxy) is 1. The summed E-state index contributed by atoms with van der Waals surface area (Å²) in [4.78, 5) is 0. The van der Waals surface area contributed by atoms with Crippen molar-refractivity contribution in [1.82, 2.24) is 5.32 Å². The molecule has 1 N–H and O–H groups in total. The molecule has 0 bridgehead atoms. The summed E-state index contributed by atoms with van der Waals surface area (Å²) in [7, 11) is 1.86. The van der Waals surface area contributed by atoms with Crippen molar-refractivity contribution in [2.45, 2.75) is 64.5 Å². The Morgan fingerprint density at radius 2 is 2.00 bits per heavy atom. The Labute approximate surface area is 134 Å². The van der Waals surface area contributed by atoms with Gasteiger partial charge in [-0.05, 0) is 75.3 Å². The minimum absolute atomic E-state index is 0.0748. The second-order valence-electron chi connectivity index (χ2n) is 6.41. The van der Waals surface area contributed by atoms with E-state index < -0.39 is 0 Å². The van der Waals surface area contributed by atoms with Gasteiger partial charge in [-0.25, -0.2) is 0 Å². The average Bonchev–Trinajstić information content (AvgIpc) is 2.42. The van der Waals surface area contributed by atoms with Crippen LogP contribution in [0, 0.1) is 13.8 Å². The van der Waals surface area contributed by atoms with Crippen LogP contribution in [-0.2, 0) is 4.74 Å². The molecule has 2 nitrogen and oxygen atoms in total. The van der Waals surface area contributed by atoms with E-state index in [0.29, 0.717) is 6.04 Å². The van der Waals surface area contributed by atoms with Crippen LogP contribution in [0.2, 0.25) is 5.02 Å². The zero-order chi connectivity index (χ0) is 15.5. The van der Waals surface area contributed by atoms with E-state index in [0.717, 1.165) is 30.0 Å². The fraction of sp³-hybridized carbons (Fsp3) is 0.667. The molecule has 0 heterocycles. The van der Waals surface area contributed by atoms with Gasteiger partial charge in [-0.15, -0.1) is 0 Å². The fourth-order valence-electron chi connectivity index (χ4n) is 3.22. The molecule has 0 saturated heterocycles. The molecule has 1 atom stereocenters. The number of benzene rings is 1. The highest BCUT2D eigenvalue weighted by Crippen LogP contribution is 2.42. The number of rotatable bonds is 7. The van der Waals surface area contributed by atoms with Crippen LogP contribution in [0.1, 0.15) is 61.8 Å². The number of hydrogen-bond donors (Lipinski definition) is 1. The minimum Gasteiger partial charge on any atom is -0.378 e. The normalized spacial score (nSPS) is 18.3. The Hall–Kier alpha value is -0.570. The monoisotopic (exact) mass is 309 g/mol. The van der Waals surface area contributed by atoms with Gasteiger partial charge < -0.3 is 10.1 Å². The number of aryl methyl sites for hydroxylation is 2. The summed E-state index contributed by atoms with van der Waals surface area (Å²) >= 11 is 6.25. The Balaban J connectivity index is 2.25. The van der Waals surface area contributed by atoms with Gasteiger partial charge in [-0.2, -0.15) is 0 Å². The molecular formula is C18H28ClNO. The van der Waals surface area contributed by atoms with E-state index in [1.54, 1.807) is 0 Å². The van der Waals surface area contributed by atoms with Crippen LogP contribution in [0.15, 0.2) is 12.1 Å². The van der Waals surface area contributed by atoms with E-state index in [2.05, 4.69) is 38.2 Å². The minimum atomic E-state index is 0.0748. The molecule has 118 valence electrons. The van der Waals surface area contributed by atoms with Gasteiger partial charge in [-0.1, -0.05) is 24.6 Å². The first-order valence-corrected chi connectivity index (χ1v) is 8.44. The highest BCUT2D eigenvalue weighted by Gasteiger charge is 2.39. The summed E-state index contributed by atoms with van der Waals surface area (Å²) in [6.45, 7) is 7.48. The maximum atomic E-state index is 6.25. The smallest absolute Gasteiger partial charge is 0.0697 e. The van der Waals surface area contributed by atoms with Crippen molar-refractivity contribution >= 4 is 11.6 Å². The van der Waals surface area contributed by atoms with Gasteiger partial charge in [0, 0.05) is 18.2 Å². The molecule has 0 amide bonds. The second-order valence-corrected chi connectivity index (χ2v) is 6.82. The van der Waals surface area contributed by atoms with E-state index in [-0.39, 0.29) is 5.60 Å². The summed E-state index contributed by atoms with van der Waals surface area (Å²) in [6.07, 6.45) is 5.83. The molecular weight excluding hydrogens is 282 g/mol. The molecule has 1 saturated carbocycles. The molecule has 21 heavy (non-hydrogen) atoms. The third-order valence-electron chi connectivity index (χ3n) is 4.84. The van der Waals surface area contributed by atoms with E-state index >= 15 is 0 Å². The molecule has 1 aliphatic carbocycles. The Bertz CT molecular complexity index is 477. The van der Waals surface area contributed by atoms with Crippen molar-refractivity contribution in [1.29, 1.82) is 0 Å². The largest absolute Gasteiger partial charge is 0.378 e. The zero-order valence-electron chi connectivity index (χ0n) is 13.8. The first-order valence-electron chi connectivity index (χ1n) is 8.06. The number of nitrogens with one attached hydrogen (secondary N) is 1. The quantitative estimate of drug-likeness (QED) is 0.769. The van der Waals surface area contributed by atoms with Gasteiger partial charge in [-0.3, -0.25) is 0 Å². The maximum absolute atomic E-state index is 6.25. The Kier molecular flexibility index (Phi) is 5.70. The molecule has 2 rings (SSSR count). The lowest BCUT2D eigenvalue weighted by Gasteiger charge is -2.43.